The van der Waals surface area contributed by atoms with E-state index in [1.165, 1.54) is 0 Å². The molecule has 0 bridgehead atoms. The lowest BCUT2D eigenvalue weighted by Crippen LogP contribution is -2.44. The van der Waals surface area contributed by atoms with Gasteiger partial charge in [0, 0.05) is 18.2 Å². The molecule has 40 heavy (non-hydrogen) atoms. The van der Waals surface area contributed by atoms with E-state index in [0.717, 1.165) is 34.2 Å². The van der Waals surface area contributed by atoms with Crippen molar-refractivity contribution in [3.05, 3.63) is 101 Å². The first-order valence-electron chi connectivity index (χ1n) is 14.0. The highest BCUT2D eigenvalue weighted by molar-refractivity contribution is 6.74. The quantitative estimate of drug-likeness (QED) is 0.190. The number of rotatable bonds is 14. The van der Waals surface area contributed by atoms with Gasteiger partial charge in [-0.1, -0.05) is 81.4 Å². The molecule has 0 aliphatic heterocycles. The van der Waals surface area contributed by atoms with E-state index in [4.69, 9.17) is 14.3 Å². The Morgan fingerprint density at radius 1 is 0.950 bits per heavy atom. The molecule has 0 unspecified atom stereocenters. The third-order valence-electron chi connectivity index (χ3n) is 7.65. The lowest BCUT2D eigenvalue weighted by atomic mass is 10.0. The minimum atomic E-state index is -2.11. The van der Waals surface area contributed by atoms with Gasteiger partial charge < -0.3 is 24.7 Å². The van der Waals surface area contributed by atoms with E-state index in [1.54, 1.807) is 0 Å². The van der Waals surface area contributed by atoms with Gasteiger partial charge in [-0.3, -0.25) is 4.79 Å². The first kappa shape index (κ1) is 31.6. The molecule has 3 aromatic carbocycles. The highest BCUT2D eigenvalue weighted by atomic mass is 28.4. The number of carboxylic acids is 1. The molecule has 0 radical (unpaired) electrons. The smallest absolute Gasteiger partial charge is 0.307 e. The minimum absolute atomic E-state index is 0.0241. The fourth-order valence-corrected chi connectivity index (χ4v) is 5.62. The van der Waals surface area contributed by atoms with Gasteiger partial charge >= 0.3 is 5.97 Å². The number of aliphatic carboxylic acids is 1. The summed E-state index contributed by atoms with van der Waals surface area (Å²) in [6, 6.07) is 23.9. The Morgan fingerprint density at radius 3 is 2.27 bits per heavy atom. The van der Waals surface area contributed by atoms with Crippen molar-refractivity contribution in [3.63, 3.8) is 0 Å². The molecule has 0 spiro atoms. The summed E-state index contributed by atoms with van der Waals surface area (Å²) in [5.74, 6) is -0.156. The van der Waals surface area contributed by atoms with Crippen molar-refractivity contribution in [2.45, 2.75) is 84.0 Å². The summed E-state index contributed by atoms with van der Waals surface area (Å²) in [7, 11) is -2.11. The number of carbonyl (C=O) groups is 1. The zero-order valence-corrected chi connectivity index (χ0v) is 25.7. The summed E-state index contributed by atoms with van der Waals surface area (Å²) in [6.07, 6.45) is 0.597. The summed E-state index contributed by atoms with van der Waals surface area (Å²) in [5, 5.41) is 23.0. The fourth-order valence-electron chi connectivity index (χ4n) is 4.33. The third kappa shape index (κ3) is 9.30. The van der Waals surface area contributed by atoms with Gasteiger partial charge in [0.15, 0.2) is 8.32 Å². The molecule has 0 saturated heterocycles. The fraction of sp³-hybridized carbons (Fsp3) is 0.424. The lowest BCUT2D eigenvalue weighted by Gasteiger charge is -2.40. The summed E-state index contributed by atoms with van der Waals surface area (Å²) in [6.45, 7) is 14.3. The topological polar surface area (TPSA) is 88.0 Å². The van der Waals surface area contributed by atoms with E-state index >= 15 is 0 Å². The van der Waals surface area contributed by atoms with Crippen LogP contribution >= 0.6 is 0 Å². The summed E-state index contributed by atoms with van der Waals surface area (Å²) in [5.41, 5.74) is 4.72. The monoisotopic (exact) mass is 563 g/mol. The van der Waals surface area contributed by atoms with Gasteiger partial charge in [-0.05, 0) is 65.9 Å². The molecule has 0 fully saturated rings. The number of aliphatic hydroxyl groups is 1. The number of nitrogens with one attached hydrogen (secondary N) is 1. The summed E-state index contributed by atoms with van der Waals surface area (Å²) >= 11 is 0. The second-order valence-corrected chi connectivity index (χ2v) is 16.8. The maximum Gasteiger partial charge on any atom is 0.307 e. The molecule has 216 valence electrons. The van der Waals surface area contributed by atoms with E-state index in [-0.39, 0.29) is 30.2 Å². The van der Waals surface area contributed by atoms with Gasteiger partial charge in [0.2, 0.25) is 0 Å². The van der Waals surface area contributed by atoms with Crippen LogP contribution in [-0.4, -0.2) is 37.1 Å². The van der Waals surface area contributed by atoms with Crippen molar-refractivity contribution < 1.29 is 24.2 Å². The normalized spacial score (nSPS) is 13.6. The molecule has 0 saturated carbocycles. The Hall–Kier alpha value is -2.97. The zero-order valence-electron chi connectivity index (χ0n) is 24.7. The SMILES string of the molecule is C[C@H](Cc1cccc(CC(=O)O)c1)NC[C@@H](O[Si](C)(C)C(C)(C)C)c1ccc(OCc2ccccc2)c(CO)c1. The second kappa shape index (κ2) is 14.1. The molecule has 0 amide bonds. The first-order chi connectivity index (χ1) is 18.9. The molecule has 3 aromatic rings. The van der Waals surface area contributed by atoms with E-state index in [2.05, 4.69) is 46.1 Å². The van der Waals surface area contributed by atoms with Crippen LogP contribution in [0.4, 0.5) is 0 Å². The molecule has 0 aliphatic rings. The molecular formula is C33H45NO5Si. The molecule has 6 nitrogen and oxygen atoms in total. The Kier molecular flexibility index (Phi) is 11.1. The summed E-state index contributed by atoms with van der Waals surface area (Å²) in [4.78, 5) is 11.1. The van der Waals surface area contributed by atoms with Gasteiger partial charge in [0.1, 0.15) is 12.4 Å². The molecule has 7 heteroatoms. The predicted octanol–water partition coefficient (Wildman–Crippen LogP) is 6.67. The minimum Gasteiger partial charge on any atom is -0.489 e. The van der Waals surface area contributed by atoms with Crippen molar-refractivity contribution >= 4 is 14.3 Å². The highest BCUT2D eigenvalue weighted by Crippen LogP contribution is 2.40. The van der Waals surface area contributed by atoms with Gasteiger partial charge in [0.25, 0.3) is 0 Å². The Labute approximate surface area is 240 Å². The van der Waals surface area contributed by atoms with Crippen LogP contribution < -0.4 is 10.1 Å². The van der Waals surface area contributed by atoms with Crippen LogP contribution in [0.1, 0.15) is 61.6 Å². The Balaban J connectivity index is 1.77. The van der Waals surface area contributed by atoms with Gasteiger partial charge in [-0.25, -0.2) is 0 Å². The Morgan fingerprint density at radius 2 is 1.62 bits per heavy atom. The van der Waals surface area contributed by atoms with Gasteiger partial charge in [-0.2, -0.15) is 0 Å². The lowest BCUT2D eigenvalue weighted by molar-refractivity contribution is -0.136. The van der Waals surface area contributed by atoms with E-state index in [9.17, 15) is 9.90 Å². The number of benzene rings is 3. The molecule has 2 atom stereocenters. The van der Waals surface area contributed by atoms with Crippen molar-refractivity contribution in [2.24, 2.45) is 0 Å². The number of hydrogen-bond donors (Lipinski definition) is 3. The molecule has 0 heterocycles. The average Bonchev–Trinajstić information content (AvgIpc) is 2.89. The van der Waals surface area contributed by atoms with Gasteiger partial charge in [0.05, 0.1) is 19.1 Å². The van der Waals surface area contributed by atoms with E-state index < -0.39 is 14.3 Å². The van der Waals surface area contributed by atoms with Crippen LogP contribution in [-0.2, 0) is 35.3 Å². The zero-order chi connectivity index (χ0) is 29.3. The average molecular weight is 564 g/mol. The molecule has 3 N–H and O–H groups in total. The number of carboxylic acid groups (broad SMARTS) is 1. The second-order valence-electron chi connectivity index (χ2n) is 12.1. The number of hydrogen-bond acceptors (Lipinski definition) is 5. The van der Waals surface area contributed by atoms with Gasteiger partial charge in [-0.15, -0.1) is 0 Å². The van der Waals surface area contributed by atoms with Crippen molar-refractivity contribution in [3.8, 4) is 5.75 Å². The molecule has 0 aliphatic carbocycles. The van der Waals surface area contributed by atoms with Crippen molar-refractivity contribution in [1.29, 1.82) is 0 Å². The van der Waals surface area contributed by atoms with E-state index in [0.29, 0.717) is 18.9 Å². The first-order valence-corrected chi connectivity index (χ1v) is 16.9. The number of ether oxygens (including phenoxy) is 1. The van der Waals surface area contributed by atoms with Crippen LogP contribution in [0.15, 0.2) is 72.8 Å². The summed E-state index contributed by atoms with van der Waals surface area (Å²) < 4.78 is 13.0. The molecule has 3 rings (SSSR count). The molecule has 0 aromatic heterocycles. The maximum atomic E-state index is 11.1. The van der Waals surface area contributed by atoms with Crippen molar-refractivity contribution in [2.75, 3.05) is 6.54 Å². The highest BCUT2D eigenvalue weighted by Gasteiger charge is 2.39. The van der Waals surface area contributed by atoms with Crippen LogP contribution in [0, 0.1) is 0 Å². The maximum absolute atomic E-state index is 11.1. The largest absolute Gasteiger partial charge is 0.489 e. The van der Waals surface area contributed by atoms with Crippen LogP contribution in [0.3, 0.4) is 0 Å². The van der Waals surface area contributed by atoms with Crippen molar-refractivity contribution in [1.82, 2.24) is 5.32 Å². The number of aliphatic hydroxyl groups excluding tert-OH is 1. The Bertz CT molecular complexity index is 1240. The van der Waals surface area contributed by atoms with E-state index in [1.807, 2.05) is 72.8 Å². The molecular weight excluding hydrogens is 518 g/mol. The standard InChI is InChI=1S/C33H45NO5Si/c1-24(17-26-13-10-14-27(18-26)19-32(36)37)34-21-31(39-40(5,6)33(2,3)4)28-15-16-30(29(20-28)22-35)38-23-25-11-8-7-9-12-25/h7-16,18,20,24,31,34-35H,17,19,21-23H2,1-6H3,(H,36,37)/t24-,31-/m1/s1. The van der Waals surface area contributed by atoms with Crippen LogP contribution in [0.25, 0.3) is 0 Å². The third-order valence-corrected chi connectivity index (χ3v) is 12.1. The van der Waals surface area contributed by atoms with Crippen LogP contribution in [0.2, 0.25) is 18.1 Å². The van der Waals surface area contributed by atoms with Crippen LogP contribution in [0.5, 0.6) is 5.75 Å². The predicted molar refractivity (Wildman–Crippen MR) is 163 cm³/mol.